The number of likely N-dealkylation sites (N-methyl/N-ethyl adjacent to an activating group) is 1. The average molecular weight is 317 g/mol. The number of nitrogens with zero attached hydrogens (tertiary/aromatic N) is 3. The number of carbonyl (C=O) groups is 2. The van der Waals surface area contributed by atoms with Crippen molar-refractivity contribution in [3.63, 3.8) is 0 Å². The Bertz CT molecular complexity index is 588. The Labute approximate surface area is 135 Å². The van der Waals surface area contributed by atoms with Crippen LogP contribution in [0.2, 0.25) is 0 Å². The van der Waals surface area contributed by atoms with Gasteiger partial charge in [-0.1, -0.05) is 0 Å². The van der Waals surface area contributed by atoms with Crippen LogP contribution in [0.5, 0.6) is 5.75 Å². The van der Waals surface area contributed by atoms with Gasteiger partial charge in [0, 0.05) is 20.1 Å². The minimum Gasteiger partial charge on any atom is -0.484 e. The van der Waals surface area contributed by atoms with E-state index in [1.54, 1.807) is 36.2 Å². The molecule has 2 amide bonds. The number of rotatable bonds is 5. The lowest BCUT2D eigenvalue weighted by Crippen LogP contribution is -2.46. The van der Waals surface area contributed by atoms with Gasteiger partial charge in [-0.05, 0) is 24.3 Å². The third-order valence-electron chi connectivity index (χ3n) is 3.51. The van der Waals surface area contributed by atoms with Crippen LogP contribution in [-0.4, -0.2) is 68.1 Å². The fraction of sp³-hybridized carbons (Fsp3) is 0.438. The van der Waals surface area contributed by atoms with Crippen molar-refractivity contribution in [2.75, 3.05) is 46.5 Å². The van der Waals surface area contributed by atoms with Gasteiger partial charge in [-0.3, -0.25) is 9.59 Å². The summed E-state index contributed by atoms with van der Waals surface area (Å²) in [5.41, 5.74) is 0.525. The molecule has 0 spiro atoms. The van der Waals surface area contributed by atoms with Crippen molar-refractivity contribution in [1.82, 2.24) is 9.80 Å². The molecular weight excluding hydrogens is 298 g/mol. The van der Waals surface area contributed by atoms with Crippen molar-refractivity contribution < 1.29 is 19.1 Å². The van der Waals surface area contributed by atoms with Gasteiger partial charge in [-0.25, -0.2) is 0 Å². The van der Waals surface area contributed by atoms with Crippen molar-refractivity contribution in [3.8, 4) is 11.8 Å². The second-order valence-electron chi connectivity index (χ2n) is 5.17. The summed E-state index contributed by atoms with van der Waals surface area (Å²) in [6.07, 6.45) is 0. The topological polar surface area (TPSA) is 82.9 Å². The normalized spacial score (nSPS) is 14.0. The molecule has 0 aliphatic carbocycles. The Morgan fingerprint density at radius 1 is 1.30 bits per heavy atom. The molecule has 0 saturated carbocycles. The zero-order valence-electron chi connectivity index (χ0n) is 13.0. The number of carbonyl (C=O) groups excluding carboxylic acids is 2. The summed E-state index contributed by atoms with van der Waals surface area (Å²) in [6.45, 7) is 2.05. The minimum absolute atomic E-state index is 0.0234. The van der Waals surface area contributed by atoms with Gasteiger partial charge in [-0.2, -0.15) is 5.26 Å². The molecule has 1 aliphatic rings. The lowest BCUT2D eigenvalue weighted by molar-refractivity contribution is -0.142. The van der Waals surface area contributed by atoms with E-state index >= 15 is 0 Å². The number of nitriles is 1. The molecule has 0 aromatic heterocycles. The highest BCUT2D eigenvalue weighted by atomic mass is 16.5. The van der Waals surface area contributed by atoms with Crippen LogP contribution in [0, 0.1) is 11.3 Å². The Kier molecular flexibility index (Phi) is 5.94. The third-order valence-corrected chi connectivity index (χ3v) is 3.51. The van der Waals surface area contributed by atoms with Crippen molar-refractivity contribution in [2.24, 2.45) is 0 Å². The van der Waals surface area contributed by atoms with Gasteiger partial charge in [0.15, 0.2) is 6.61 Å². The van der Waals surface area contributed by atoms with Crippen LogP contribution in [0.3, 0.4) is 0 Å². The van der Waals surface area contributed by atoms with Crippen LogP contribution >= 0.6 is 0 Å². The van der Waals surface area contributed by atoms with Crippen molar-refractivity contribution >= 4 is 11.8 Å². The molecule has 122 valence electrons. The maximum absolute atomic E-state index is 12.1. The Morgan fingerprint density at radius 3 is 2.57 bits per heavy atom. The van der Waals surface area contributed by atoms with Crippen LogP contribution in [0.15, 0.2) is 24.3 Å². The predicted molar refractivity (Wildman–Crippen MR) is 81.7 cm³/mol. The molecule has 0 atom stereocenters. The molecule has 1 aromatic carbocycles. The number of benzene rings is 1. The molecule has 7 heteroatoms. The second kappa shape index (κ2) is 8.15. The van der Waals surface area contributed by atoms with E-state index in [9.17, 15) is 9.59 Å². The molecule has 1 aromatic rings. The van der Waals surface area contributed by atoms with Crippen LogP contribution in [0.4, 0.5) is 0 Å². The van der Waals surface area contributed by atoms with Gasteiger partial charge in [0.05, 0.1) is 31.4 Å². The lowest BCUT2D eigenvalue weighted by atomic mass is 10.2. The SMILES string of the molecule is CN(CC(=O)N1CCOCC1)C(=O)COc1ccc(C#N)cc1. The van der Waals surface area contributed by atoms with Crippen LogP contribution in [0.1, 0.15) is 5.56 Å². The molecule has 1 saturated heterocycles. The number of amides is 2. The summed E-state index contributed by atoms with van der Waals surface area (Å²) in [5.74, 6) is 0.128. The first-order chi connectivity index (χ1) is 11.1. The van der Waals surface area contributed by atoms with Gasteiger partial charge in [0.2, 0.25) is 5.91 Å². The van der Waals surface area contributed by atoms with Crippen molar-refractivity contribution in [3.05, 3.63) is 29.8 Å². The summed E-state index contributed by atoms with van der Waals surface area (Å²) in [4.78, 5) is 27.1. The van der Waals surface area contributed by atoms with Gasteiger partial charge in [0.1, 0.15) is 5.75 Å². The molecule has 1 aliphatic heterocycles. The van der Waals surface area contributed by atoms with E-state index < -0.39 is 0 Å². The zero-order chi connectivity index (χ0) is 16.7. The van der Waals surface area contributed by atoms with Crippen LogP contribution in [-0.2, 0) is 14.3 Å². The largest absolute Gasteiger partial charge is 0.484 e. The first-order valence-electron chi connectivity index (χ1n) is 7.32. The molecule has 2 rings (SSSR count). The van der Waals surface area contributed by atoms with Gasteiger partial charge in [-0.15, -0.1) is 0 Å². The molecule has 23 heavy (non-hydrogen) atoms. The second-order valence-corrected chi connectivity index (χ2v) is 5.17. The fourth-order valence-corrected chi connectivity index (χ4v) is 2.08. The summed E-state index contributed by atoms with van der Waals surface area (Å²) in [7, 11) is 1.57. The third kappa shape index (κ3) is 4.97. The summed E-state index contributed by atoms with van der Waals surface area (Å²) < 4.78 is 10.6. The first-order valence-corrected chi connectivity index (χ1v) is 7.32. The Balaban J connectivity index is 1.77. The number of hydrogen-bond donors (Lipinski definition) is 0. The van der Waals surface area contributed by atoms with Crippen LogP contribution in [0.25, 0.3) is 0 Å². The van der Waals surface area contributed by atoms with Gasteiger partial charge < -0.3 is 19.3 Å². The standard InChI is InChI=1S/C16H19N3O4/c1-18(11-15(20)19-6-8-22-9-7-19)16(21)12-23-14-4-2-13(10-17)3-5-14/h2-5H,6-9,11-12H2,1H3. The smallest absolute Gasteiger partial charge is 0.260 e. The van der Waals surface area contributed by atoms with E-state index in [0.717, 1.165) is 0 Å². The van der Waals surface area contributed by atoms with Crippen molar-refractivity contribution in [1.29, 1.82) is 5.26 Å². The van der Waals surface area contributed by atoms with E-state index in [2.05, 4.69) is 0 Å². The summed E-state index contributed by atoms with van der Waals surface area (Å²) in [5, 5.41) is 8.72. The Morgan fingerprint density at radius 2 is 1.96 bits per heavy atom. The maximum Gasteiger partial charge on any atom is 0.260 e. The lowest BCUT2D eigenvalue weighted by Gasteiger charge is -2.28. The number of morpholine rings is 1. The quantitative estimate of drug-likeness (QED) is 0.777. The first kappa shape index (κ1) is 16.8. The van der Waals surface area contributed by atoms with Crippen molar-refractivity contribution in [2.45, 2.75) is 0 Å². The zero-order valence-corrected chi connectivity index (χ0v) is 13.0. The molecular formula is C16H19N3O4. The van der Waals surface area contributed by atoms with E-state index in [0.29, 0.717) is 37.6 Å². The summed E-state index contributed by atoms with van der Waals surface area (Å²) in [6, 6.07) is 8.50. The van der Waals surface area contributed by atoms with E-state index in [1.165, 1.54) is 4.90 Å². The molecule has 0 N–H and O–H groups in total. The predicted octanol–water partition coefficient (Wildman–Crippen LogP) is 0.254. The molecule has 1 fully saturated rings. The minimum atomic E-state index is -0.282. The monoisotopic (exact) mass is 317 g/mol. The fourth-order valence-electron chi connectivity index (χ4n) is 2.08. The molecule has 0 bridgehead atoms. The highest BCUT2D eigenvalue weighted by Crippen LogP contribution is 2.11. The van der Waals surface area contributed by atoms with Gasteiger partial charge >= 0.3 is 0 Å². The van der Waals surface area contributed by atoms with Crippen LogP contribution < -0.4 is 4.74 Å². The molecule has 0 radical (unpaired) electrons. The average Bonchev–Trinajstić information content (AvgIpc) is 2.60. The molecule has 7 nitrogen and oxygen atoms in total. The molecule has 0 unspecified atom stereocenters. The van der Waals surface area contributed by atoms with E-state index in [-0.39, 0.29) is 25.0 Å². The van der Waals surface area contributed by atoms with E-state index in [4.69, 9.17) is 14.7 Å². The Hall–Kier alpha value is -2.59. The highest BCUT2D eigenvalue weighted by Gasteiger charge is 2.20. The molecule has 1 heterocycles. The van der Waals surface area contributed by atoms with E-state index in [1.807, 2.05) is 6.07 Å². The highest BCUT2D eigenvalue weighted by molar-refractivity contribution is 5.85. The van der Waals surface area contributed by atoms with Gasteiger partial charge in [0.25, 0.3) is 5.91 Å². The number of ether oxygens (including phenoxy) is 2. The summed E-state index contributed by atoms with van der Waals surface area (Å²) >= 11 is 0. The maximum atomic E-state index is 12.1. The number of hydrogen-bond acceptors (Lipinski definition) is 5.